The number of hydrogen-bond acceptors (Lipinski definition) is 8. The molecule has 1 aliphatic heterocycles. The van der Waals surface area contributed by atoms with Gasteiger partial charge in [0.2, 0.25) is 5.88 Å². The molecule has 2 aromatic carbocycles. The molecule has 1 saturated heterocycles. The molecule has 0 unspecified atom stereocenters. The summed E-state index contributed by atoms with van der Waals surface area (Å²) in [7, 11) is 3.98. The summed E-state index contributed by atoms with van der Waals surface area (Å²) in [5, 5.41) is 7.20. The molecule has 1 amide bonds. The lowest BCUT2D eigenvalue weighted by atomic mass is 10.0. The Bertz CT molecular complexity index is 1420. The van der Waals surface area contributed by atoms with Gasteiger partial charge in [0.1, 0.15) is 11.4 Å². The van der Waals surface area contributed by atoms with Gasteiger partial charge in [-0.05, 0) is 42.3 Å². The summed E-state index contributed by atoms with van der Waals surface area (Å²) in [6.45, 7) is 7.36. The van der Waals surface area contributed by atoms with Gasteiger partial charge in [-0.1, -0.05) is 43.3 Å². The summed E-state index contributed by atoms with van der Waals surface area (Å²) in [6, 6.07) is 16.6. The highest BCUT2D eigenvalue weighted by Gasteiger charge is 2.19. The van der Waals surface area contributed by atoms with Crippen LogP contribution in [0.4, 0.5) is 11.5 Å². The molecule has 1 aliphatic rings. The first kappa shape index (κ1) is 26.3. The van der Waals surface area contributed by atoms with Crippen LogP contribution in [0.2, 0.25) is 0 Å². The van der Waals surface area contributed by atoms with E-state index in [1.807, 2.05) is 31.2 Å². The SMILES string of the molecule is CCc1nc(C(N)=O)c(Nc2cnn(C)c2)nc1Oc1ccc(-c2ccc(CN3CCN(C)CC3)cc2)cc1. The maximum atomic E-state index is 12.1. The normalized spacial score (nSPS) is 14.3. The summed E-state index contributed by atoms with van der Waals surface area (Å²) >= 11 is 0. The molecule has 1 fully saturated rings. The topological polar surface area (TPSA) is 114 Å². The van der Waals surface area contributed by atoms with Gasteiger partial charge in [0.05, 0.1) is 11.9 Å². The van der Waals surface area contributed by atoms with Gasteiger partial charge >= 0.3 is 0 Å². The number of anilines is 2. The lowest BCUT2D eigenvalue weighted by Gasteiger charge is -2.32. The number of carbonyl (C=O) groups is 1. The zero-order valence-electron chi connectivity index (χ0n) is 22.6. The van der Waals surface area contributed by atoms with Crippen molar-refractivity contribution in [2.75, 3.05) is 38.5 Å². The summed E-state index contributed by atoms with van der Waals surface area (Å²) in [5.74, 6) is 0.480. The number of nitrogens with one attached hydrogen (secondary N) is 1. The van der Waals surface area contributed by atoms with Crippen LogP contribution in [0.15, 0.2) is 60.9 Å². The van der Waals surface area contributed by atoms with E-state index in [-0.39, 0.29) is 11.5 Å². The van der Waals surface area contributed by atoms with Crippen LogP contribution in [0.3, 0.4) is 0 Å². The summed E-state index contributed by atoms with van der Waals surface area (Å²) in [6.07, 6.45) is 3.91. The Morgan fingerprint density at radius 2 is 1.64 bits per heavy atom. The lowest BCUT2D eigenvalue weighted by molar-refractivity contribution is 0.0996. The number of hydrogen-bond donors (Lipinski definition) is 2. The fourth-order valence-electron chi connectivity index (χ4n) is 4.54. The van der Waals surface area contributed by atoms with Gasteiger partial charge < -0.3 is 20.7 Å². The van der Waals surface area contributed by atoms with Gasteiger partial charge in [0, 0.05) is 46.0 Å². The molecule has 202 valence electrons. The highest BCUT2D eigenvalue weighted by molar-refractivity contribution is 5.96. The van der Waals surface area contributed by atoms with Crippen molar-refractivity contribution in [1.82, 2.24) is 29.5 Å². The van der Waals surface area contributed by atoms with Crippen molar-refractivity contribution in [3.05, 3.63) is 77.9 Å². The Labute approximate surface area is 228 Å². The first-order chi connectivity index (χ1) is 18.9. The van der Waals surface area contributed by atoms with Crippen LogP contribution in [-0.2, 0) is 20.0 Å². The standard InChI is InChI=1S/C29H34N8O2/c1-4-25-29(34-28(26(33-25)27(30)38)32-23-17-31-36(3)19-23)39-24-11-9-22(10-12-24)21-7-5-20(6-8-21)18-37-15-13-35(2)14-16-37/h5-12,17,19H,4,13-16,18H2,1-3H3,(H2,30,38)(H,32,34). The summed E-state index contributed by atoms with van der Waals surface area (Å²) in [5.41, 5.74) is 10.4. The minimum Gasteiger partial charge on any atom is -0.437 e. The van der Waals surface area contributed by atoms with Gasteiger partial charge in [-0.15, -0.1) is 0 Å². The molecule has 0 saturated carbocycles. The molecule has 5 rings (SSSR count). The van der Waals surface area contributed by atoms with Crippen molar-refractivity contribution in [3.8, 4) is 22.8 Å². The molecular formula is C29H34N8O2. The van der Waals surface area contributed by atoms with Crippen molar-refractivity contribution in [2.45, 2.75) is 19.9 Å². The second kappa shape index (κ2) is 11.6. The second-order valence-electron chi connectivity index (χ2n) is 9.82. The van der Waals surface area contributed by atoms with E-state index in [4.69, 9.17) is 10.5 Å². The van der Waals surface area contributed by atoms with E-state index in [1.54, 1.807) is 24.1 Å². The Balaban J connectivity index is 1.30. The zero-order chi connectivity index (χ0) is 27.4. The monoisotopic (exact) mass is 526 g/mol. The number of aryl methyl sites for hydroxylation is 2. The number of nitrogens with zero attached hydrogens (tertiary/aromatic N) is 6. The molecule has 2 aromatic heterocycles. The molecular weight excluding hydrogens is 492 g/mol. The Hall–Kier alpha value is -4.28. The Morgan fingerprint density at radius 1 is 0.974 bits per heavy atom. The zero-order valence-corrected chi connectivity index (χ0v) is 22.6. The van der Waals surface area contributed by atoms with E-state index < -0.39 is 5.91 Å². The van der Waals surface area contributed by atoms with E-state index >= 15 is 0 Å². The number of ether oxygens (including phenoxy) is 1. The van der Waals surface area contributed by atoms with Gasteiger partial charge in [-0.25, -0.2) is 4.98 Å². The van der Waals surface area contributed by atoms with E-state index in [0.29, 0.717) is 29.4 Å². The molecule has 10 nitrogen and oxygen atoms in total. The Morgan fingerprint density at radius 3 is 2.23 bits per heavy atom. The fourth-order valence-corrected chi connectivity index (χ4v) is 4.54. The van der Waals surface area contributed by atoms with E-state index in [0.717, 1.165) is 43.9 Å². The molecule has 0 radical (unpaired) electrons. The number of rotatable bonds is 9. The molecule has 3 N–H and O–H groups in total. The molecule has 0 bridgehead atoms. The fraction of sp³-hybridized carbons (Fsp3) is 0.310. The maximum Gasteiger partial charge on any atom is 0.271 e. The maximum absolute atomic E-state index is 12.1. The largest absolute Gasteiger partial charge is 0.437 e. The number of benzene rings is 2. The molecule has 0 atom stereocenters. The van der Waals surface area contributed by atoms with Crippen molar-refractivity contribution >= 4 is 17.4 Å². The third-order valence-electron chi connectivity index (χ3n) is 6.83. The first-order valence-electron chi connectivity index (χ1n) is 13.1. The first-order valence-corrected chi connectivity index (χ1v) is 13.1. The molecule has 3 heterocycles. The van der Waals surface area contributed by atoms with E-state index in [9.17, 15) is 4.79 Å². The predicted molar refractivity (Wildman–Crippen MR) is 151 cm³/mol. The van der Waals surface area contributed by atoms with Crippen LogP contribution in [0.1, 0.15) is 28.7 Å². The van der Waals surface area contributed by atoms with Crippen LogP contribution in [0.25, 0.3) is 11.1 Å². The second-order valence-corrected chi connectivity index (χ2v) is 9.82. The molecule has 0 spiro atoms. The molecule has 10 heteroatoms. The minimum absolute atomic E-state index is 0.0504. The molecule has 39 heavy (non-hydrogen) atoms. The third kappa shape index (κ3) is 6.42. The molecule has 0 aliphatic carbocycles. The van der Waals surface area contributed by atoms with Crippen LogP contribution >= 0.6 is 0 Å². The van der Waals surface area contributed by atoms with Gasteiger partial charge in [0.25, 0.3) is 5.91 Å². The average molecular weight is 527 g/mol. The van der Waals surface area contributed by atoms with Crippen molar-refractivity contribution in [3.63, 3.8) is 0 Å². The number of piperazine rings is 1. The number of amides is 1. The third-order valence-corrected chi connectivity index (χ3v) is 6.83. The smallest absolute Gasteiger partial charge is 0.271 e. The summed E-state index contributed by atoms with van der Waals surface area (Å²) in [4.78, 5) is 26.0. The Kier molecular flexibility index (Phi) is 7.85. The van der Waals surface area contributed by atoms with Crippen LogP contribution in [0.5, 0.6) is 11.6 Å². The number of primary amides is 1. The highest BCUT2D eigenvalue weighted by atomic mass is 16.5. The van der Waals surface area contributed by atoms with Crippen molar-refractivity contribution in [2.24, 2.45) is 12.8 Å². The van der Waals surface area contributed by atoms with Crippen LogP contribution < -0.4 is 15.8 Å². The minimum atomic E-state index is -0.672. The number of likely N-dealkylation sites (N-methyl/N-ethyl adjacent to an activating group) is 1. The van der Waals surface area contributed by atoms with Gasteiger partial charge in [0.15, 0.2) is 11.5 Å². The van der Waals surface area contributed by atoms with Crippen molar-refractivity contribution in [1.29, 1.82) is 0 Å². The van der Waals surface area contributed by atoms with Crippen LogP contribution in [-0.4, -0.2) is 68.7 Å². The predicted octanol–water partition coefficient (Wildman–Crippen LogP) is 3.82. The number of carbonyl (C=O) groups excluding carboxylic acids is 1. The van der Waals surface area contributed by atoms with Gasteiger partial charge in [-0.3, -0.25) is 14.4 Å². The summed E-state index contributed by atoms with van der Waals surface area (Å²) < 4.78 is 7.76. The lowest BCUT2D eigenvalue weighted by Crippen LogP contribution is -2.43. The van der Waals surface area contributed by atoms with Gasteiger partial charge in [-0.2, -0.15) is 10.1 Å². The number of nitrogens with two attached hydrogens (primary N) is 1. The average Bonchev–Trinajstić information content (AvgIpc) is 3.35. The van der Waals surface area contributed by atoms with Crippen LogP contribution in [0, 0.1) is 0 Å². The quantitative estimate of drug-likeness (QED) is 0.338. The van der Waals surface area contributed by atoms with E-state index in [1.165, 1.54) is 5.56 Å². The van der Waals surface area contributed by atoms with E-state index in [2.05, 4.69) is 61.5 Å². The number of aromatic nitrogens is 4. The molecule has 4 aromatic rings. The highest BCUT2D eigenvalue weighted by Crippen LogP contribution is 2.29. The van der Waals surface area contributed by atoms with Crippen molar-refractivity contribution < 1.29 is 9.53 Å².